The second kappa shape index (κ2) is 9.96. The first-order valence-corrected chi connectivity index (χ1v) is 12.6. The maximum Gasteiger partial charge on any atom is 0.264 e. The van der Waals surface area contributed by atoms with E-state index in [-0.39, 0.29) is 11.8 Å². The highest BCUT2D eigenvalue weighted by atomic mass is 32.1. The summed E-state index contributed by atoms with van der Waals surface area (Å²) in [6, 6.07) is 7.10. The summed E-state index contributed by atoms with van der Waals surface area (Å²) in [6.07, 6.45) is 0. The SMILES string of the molecule is CCN(CC)c1nc2sc(C(=O)N3CCN(C(=O)c4cc(OC)cc(OC)c4)CC3)cc2s1. The Bertz CT molecular complexity index is 1090. The summed E-state index contributed by atoms with van der Waals surface area (Å²) < 4.78 is 11.6. The quantitative estimate of drug-likeness (QED) is 0.503. The number of amides is 2. The molecule has 1 aromatic carbocycles. The average Bonchev–Trinajstić information content (AvgIpc) is 3.43. The predicted molar refractivity (Wildman–Crippen MR) is 132 cm³/mol. The van der Waals surface area contributed by atoms with E-state index >= 15 is 0 Å². The largest absolute Gasteiger partial charge is 0.497 e. The van der Waals surface area contributed by atoms with Crippen molar-refractivity contribution in [1.82, 2.24) is 14.8 Å². The van der Waals surface area contributed by atoms with E-state index in [1.54, 1.807) is 48.7 Å². The van der Waals surface area contributed by atoms with Gasteiger partial charge in [0.05, 0.1) is 23.8 Å². The molecule has 0 unspecified atom stereocenters. The van der Waals surface area contributed by atoms with E-state index in [0.29, 0.717) is 48.1 Å². The Morgan fingerprint density at radius 1 is 0.909 bits per heavy atom. The number of hydrogen-bond donors (Lipinski definition) is 0. The van der Waals surface area contributed by atoms with Crippen molar-refractivity contribution in [2.24, 2.45) is 0 Å². The molecule has 1 saturated heterocycles. The van der Waals surface area contributed by atoms with E-state index in [9.17, 15) is 9.59 Å². The first kappa shape index (κ1) is 23.3. The van der Waals surface area contributed by atoms with Crippen LogP contribution in [0, 0.1) is 0 Å². The zero-order valence-corrected chi connectivity index (χ0v) is 20.9. The summed E-state index contributed by atoms with van der Waals surface area (Å²) >= 11 is 3.07. The number of hydrogen-bond acceptors (Lipinski definition) is 8. The molecular formula is C23H28N4O4S2. The molecule has 0 saturated carbocycles. The maximum atomic E-state index is 13.1. The number of methoxy groups -OCH3 is 2. The highest BCUT2D eigenvalue weighted by Crippen LogP contribution is 2.35. The summed E-state index contributed by atoms with van der Waals surface area (Å²) in [5, 5.41) is 1.00. The minimum atomic E-state index is -0.0935. The average molecular weight is 489 g/mol. The Morgan fingerprint density at radius 2 is 1.48 bits per heavy atom. The van der Waals surface area contributed by atoms with Gasteiger partial charge in [0.15, 0.2) is 5.13 Å². The third-order valence-electron chi connectivity index (χ3n) is 5.78. The number of thiazole rings is 1. The molecule has 1 aliphatic heterocycles. The molecule has 8 nitrogen and oxygen atoms in total. The normalized spacial score (nSPS) is 13.9. The fraction of sp³-hybridized carbons (Fsp3) is 0.435. The molecule has 10 heteroatoms. The van der Waals surface area contributed by atoms with E-state index in [2.05, 4.69) is 18.7 Å². The molecule has 4 rings (SSSR count). The van der Waals surface area contributed by atoms with Crippen molar-refractivity contribution >= 4 is 49.1 Å². The van der Waals surface area contributed by atoms with Crippen LogP contribution in [0.1, 0.15) is 33.9 Å². The molecule has 2 amide bonds. The van der Waals surface area contributed by atoms with Crippen LogP contribution in [0.3, 0.4) is 0 Å². The minimum absolute atomic E-state index is 0.00439. The van der Waals surface area contributed by atoms with Crippen LogP contribution in [0.4, 0.5) is 5.13 Å². The van der Waals surface area contributed by atoms with E-state index in [0.717, 1.165) is 27.8 Å². The second-order valence-corrected chi connectivity index (χ2v) is 9.67. The van der Waals surface area contributed by atoms with Gasteiger partial charge < -0.3 is 24.2 Å². The van der Waals surface area contributed by atoms with Crippen molar-refractivity contribution in [1.29, 1.82) is 0 Å². The van der Waals surface area contributed by atoms with Gasteiger partial charge in [-0.25, -0.2) is 4.98 Å². The van der Waals surface area contributed by atoms with Crippen molar-refractivity contribution in [2.75, 3.05) is 58.4 Å². The van der Waals surface area contributed by atoms with Crippen molar-refractivity contribution in [3.05, 3.63) is 34.7 Å². The molecule has 0 aliphatic carbocycles. The number of thiophene rings is 1. The van der Waals surface area contributed by atoms with Crippen LogP contribution in [0.5, 0.6) is 11.5 Å². The van der Waals surface area contributed by atoms with Crippen LogP contribution in [0.2, 0.25) is 0 Å². The molecular weight excluding hydrogens is 460 g/mol. The number of rotatable bonds is 7. The molecule has 0 atom stereocenters. The van der Waals surface area contributed by atoms with E-state index in [1.807, 2.05) is 11.0 Å². The van der Waals surface area contributed by atoms with Crippen molar-refractivity contribution in [3.63, 3.8) is 0 Å². The summed E-state index contributed by atoms with van der Waals surface area (Å²) in [5.74, 6) is 1.05. The standard InChI is InChI=1S/C23H28N4O4S2/c1-5-25(6-2)23-24-20-18(33-23)14-19(32-20)22(29)27-9-7-26(8-10-27)21(28)15-11-16(30-3)13-17(12-15)31-4/h11-14H,5-10H2,1-4H3. The van der Waals surface area contributed by atoms with Gasteiger partial charge in [0, 0.05) is 50.9 Å². The summed E-state index contributed by atoms with van der Waals surface area (Å²) in [4.78, 5) is 38.2. The van der Waals surface area contributed by atoms with E-state index in [4.69, 9.17) is 14.5 Å². The van der Waals surface area contributed by atoms with Gasteiger partial charge in [0.2, 0.25) is 0 Å². The lowest BCUT2D eigenvalue weighted by Crippen LogP contribution is -2.50. The van der Waals surface area contributed by atoms with Gasteiger partial charge in [-0.3, -0.25) is 9.59 Å². The Morgan fingerprint density at radius 3 is 2.00 bits per heavy atom. The number of benzene rings is 1. The lowest BCUT2D eigenvalue weighted by molar-refractivity contribution is 0.0538. The molecule has 3 heterocycles. The maximum absolute atomic E-state index is 13.1. The molecule has 176 valence electrons. The number of aromatic nitrogens is 1. The van der Waals surface area contributed by atoms with Gasteiger partial charge in [-0.05, 0) is 32.0 Å². The minimum Gasteiger partial charge on any atom is -0.497 e. The summed E-state index contributed by atoms with van der Waals surface area (Å²) in [5.41, 5.74) is 0.513. The number of fused-ring (bicyclic) bond motifs is 1. The zero-order valence-electron chi connectivity index (χ0n) is 19.3. The van der Waals surface area contributed by atoms with E-state index in [1.165, 1.54) is 11.3 Å². The molecule has 0 spiro atoms. The zero-order chi connectivity index (χ0) is 23.5. The lowest BCUT2D eigenvalue weighted by Gasteiger charge is -2.34. The first-order valence-electron chi connectivity index (χ1n) is 10.9. The summed E-state index contributed by atoms with van der Waals surface area (Å²) in [7, 11) is 3.12. The highest BCUT2D eigenvalue weighted by molar-refractivity contribution is 7.29. The number of piperazine rings is 1. The number of carbonyl (C=O) groups is 2. The number of carbonyl (C=O) groups excluding carboxylic acids is 2. The molecule has 0 N–H and O–H groups in total. The Hall–Kier alpha value is -2.85. The fourth-order valence-corrected chi connectivity index (χ4v) is 6.15. The lowest BCUT2D eigenvalue weighted by atomic mass is 10.1. The van der Waals surface area contributed by atoms with Crippen LogP contribution in [-0.4, -0.2) is 80.1 Å². The Kier molecular flexibility index (Phi) is 7.04. The second-order valence-electron chi connectivity index (χ2n) is 7.63. The monoisotopic (exact) mass is 488 g/mol. The molecule has 0 bridgehead atoms. The fourth-order valence-electron chi connectivity index (χ4n) is 3.84. The third kappa shape index (κ3) is 4.77. The smallest absolute Gasteiger partial charge is 0.264 e. The van der Waals surface area contributed by atoms with Crippen molar-refractivity contribution in [3.8, 4) is 11.5 Å². The van der Waals surface area contributed by atoms with Crippen LogP contribution in [0.25, 0.3) is 9.53 Å². The molecule has 2 aromatic heterocycles. The van der Waals surface area contributed by atoms with Crippen molar-refractivity contribution in [2.45, 2.75) is 13.8 Å². The number of anilines is 1. The van der Waals surface area contributed by atoms with Gasteiger partial charge in [-0.15, -0.1) is 11.3 Å². The van der Waals surface area contributed by atoms with Crippen LogP contribution < -0.4 is 14.4 Å². The van der Waals surface area contributed by atoms with Crippen molar-refractivity contribution < 1.29 is 19.1 Å². The molecule has 3 aromatic rings. The topological polar surface area (TPSA) is 75.2 Å². The Balaban J connectivity index is 1.41. The van der Waals surface area contributed by atoms with Gasteiger partial charge in [0.1, 0.15) is 16.3 Å². The van der Waals surface area contributed by atoms with Crippen LogP contribution >= 0.6 is 22.7 Å². The Labute approximate surface area is 201 Å². The number of ether oxygens (including phenoxy) is 2. The molecule has 33 heavy (non-hydrogen) atoms. The summed E-state index contributed by atoms with van der Waals surface area (Å²) in [6.45, 7) is 8.00. The highest BCUT2D eigenvalue weighted by Gasteiger charge is 2.27. The van der Waals surface area contributed by atoms with E-state index < -0.39 is 0 Å². The van der Waals surface area contributed by atoms with Crippen LogP contribution in [0.15, 0.2) is 24.3 Å². The predicted octanol–water partition coefficient (Wildman–Crippen LogP) is 3.82. The third-order valence-corrected chi connectivity index (χ3v) is 7.98. The van der Waals surface area contributed by atoms with Gasteiger partial charge >= 0.3 is 0 Å². The molecule has 1 fully saturated rings. The molecule has 0 radical (unpaired) electrons. The van der Waals surface area contributed by atoms with Crippen LogP contribution in [-0.2, 0) is 0 Å². The van der Waals surface area contributed by atoms with Gasteiger partial charge in [-0.2, -0.15) is 0 Å². The molecule has 1 aliphatic rings. The van der Waals surface area contributed by atoms with Gasteiger partial charge in [-0.1, -0.05) is 11.3 Å². The first-order chi connectivity index (χ1) is 16.0. The number of nitrogens with zero attached hydrogens (tertiary/aromatic N) is 4. The van der Waals surface area contributed by atoms with Gasteiger partial charge in [0.25, 0.3) is 11.8 Å².